The van der Waals surface area contributed by atoms with Gasteiger partial charge in [-0.3, -0.25) is 9.59 Å². The van der Waals surface area contributed by atoms with Crippen LogP contribution in [0.15, 0.2) is 47.4 Å². The molecule has 148 valence electrons. The molecule has 2 aromatic carbocycles. The highest BCUT2D eigenvalue weighted by Crippen LogP contribution is 2.22. The van der Waals surface area contributed by atoms with Crippen LogP contribution in [0.3, 0.4) is 0 Å². The van der Waals surface area contributed by atoms with Crippen LogP contribution in [0.4, 0.5) is 5.69 Å². The van der Waals surface area contributed by atoms with E-state index in [1.54, 1.807) is 31.2 Å². The smallest absolute Gasteiger partial charge is 0.255 e. The Kier molecular flexibility index (Phi) is 5.81. The summed E-state index contributed by atoms with van der Waals surface area (Å²) in [6.07, 6.45) is 1.99. The summed E-state index contributed by atoms with van der Waals surface area (Å²) in [6, 6.07) is 11.2. The second-order valence-electron chi connectivity index (χ2n) is 6.76. The van der Waals surface area contributed by atoms with Gasteiger partial charge in [0.05, 0.1) is 4.90 Å². The molecule has 0 bridgehead atoms. The summed E-state index contributed by atoms with van der Waals surface area (Å²) < 4.78 is 26.7. The van der Waals surface area contributed by atoms with Gasteiger partial charge in [0.25, 0.3) is 11.8 Å². The maximum absolute atomic E-state index is 12.6. The van der Waals surface area contributed by atoms with Crippen molar-refractivity contribution in [1.29, 1.82) is 0 Å². The molecule has 1 aliphatic rings. The van der Waals surface area contributed by atoms with Gasteiger partial charge >= 0.3 is 0 Å². The van der Waals surface area contributed by atoms with E-state index in [9.17, 15) is 18.0 Å². The number of aryl methyl sites for hydroxylation is 1. The van der Waals surface area contributed by atoms with Crippen molar-refractivity contribution in [2.24, 2.45) is 0 Å². The van der Waals surface area contributed by atoms with E-state index in [1.807, 2.05) is 6.92 Å². The van der Waals surface area contributed by atoms with Crippen LogP contribution >= 0.6 is 0 Å². The van der Waals surface area contributed by atoms with Crippen LogP contribution in [0.1, 0.15) is 46.0 Å². The SMILES string of the molecule is CCNS(=O)(=O)c1cccc(C(=O)Nc2cc(C(=O)NC3CC3)ccc2C)c1. The third-order valence-electron chi connectivity index (χ3n) is 4.40. The lowest BCUT2D eigenvalue weighted by Gasteiger charge is -2.12. The number of nitrogens with one attached hydrogen (secondary N) is 3. The Morgan fingerprint density at radius 3 is 2.43 bits per heavy atom. The number of hydrogen-bond donors (Lipinski definition) is 3. The average molecular weight is 401 g/mol. The minimum atomic E-state index is -3.65. The van der Waals surface area contributed by atoms with Gasteiger partial charge in [0, 0.05) is 29.4 Å². The van der Waals surface area contributed by atoms with Crippen molar-refractivity contribution < 1.29 is 18.0 Å². The highest BCUT2D eigenvalue weighted by Gasteiger charge is 2.24. The number of benzene rings is 2. The Balaban J connectivity index is 1.80. The standard InChI is InChI=1S/C20H23N3O4S/c1-3-21-28(26,27)17-6-4-5-14(11-17)20(25)23-18-12-15(8-7-13(18)2)19(24)22-16-9-10-16/h4-8,11-12,16,21H,3,9-10H2,1-2H3,(H,22,24)(H,23,25). The Hall–Kier alpha value is -2.71. The molecule has 2 amide bonds. The fraction of sp³-hybridized carbons (Fsp3) is 0.300. The molecule has 2 aromatic rings. The Morgan fingerprint density at radius 2 is 1.75 bits per heavy atom. The molecule has 0 spiro atoms. The van der Waals surface area contributed by atoms with Gasteiger partial charge in [0.2, 0.25) is 10.0 Å². The van der Waals surface area contributed by atoms with Gasteiger partial charge in [0.15, 0.2) is 0 Å². The first kappa shape index (κ1) is 20.0. The molecule has 8 heteroatoms. The number of amides is 2. The number of sulfonamides is 1. The van der Waals surface area contributed by atoms with E-state index in [0.717, 1.165) is 18.4 Å². The van der Waals surface area contributed by atoms with Crippen molar-refractivity contribution in [1.82, 2.24) is 10.0 Å². The molecule has 1 saturated carbocycles. The zero-order valence-electron chi connectivity index (χ0n) is 15.8. The summed E-state index contributed by atoms with van der Waals surface area (Å²) in [6.45, 7) is 3.77. The van der Waals surface area contributed by atoms with Crippen molar-refractivity contribution in [2.45, 2.75) is 37.6 Å². The topological polar surface area (TPSA) is 104 Å². The second-order valence-corrected chi connectivity index (χ2v) is 8.53. The van der Waals surface area contributed by atoms with Crippen molar-refractivity contribution in [2.75, 3.05) is 11.9 Å². The molecule has 0 aromatic heterocycles. The molecule has 0 radical (unpaired) electrons. The van der Waals surface area contributed by atoms with Gasteiger partial charge in [-0.15, -0.1) is 0 Å². The van der Waals surface area contributed by atoms with Gasteiger partial charge in [-0.2, -0.15) is 0 Å². The van der Waals surface area contributed by atoms with Crippen molar-refractivity contribution in [3.8, 4) is 0 Å². The first-order valence-electron chi connectivity index (χ1n) is 9.13. The number of rotatable bonds is 7. The third kappa shape index (κ3) is 4.76. The van der Waals surface area contributed by atoms with E-state index in [4.69, 9.17) is 0 Å². The van der Waals surface area contributed by atoms with Crippen LogP contribution in [-0.2, 0) is 10.0 Å². The molecule has 0 unspecified atom stereocenters. The lowest BCUT2D eigenvalue weighted by atomic mass is 10.1. The number of carbonyl (C=O) groups excluding carboxylic acids is 2. The quantitative estimate of drug-likeness (QED) is 0.663. The normalized spacial score (nSPS) is 13.8. The predicted octanol–water partition coefficient (Wildman–Crippen LogP) is 2.44. The first-order valence-corrected chi connectivity index (χ1v) is 10.6. The Bertz CT molecular complexity index is 1010. The van der Waals surface area contributed by atoms with Crippen LogP contribution in [-0.4, -0.2) is 32.8 Å². The maximum atomic E-state index is 12.6. The van der Waals surface area contributed by atoms with Crippen molar-refractivity contribution in [3.05, 3.63) is 59.2 Å². The largest absolute Gasteiger partial charge is 0.349 e. The van der Waals surface area contributed by atoms with Crippen LogP contribution in [0, 0.1) is 6.92 Å². The molecule has 1 aliphatic carbocycles. The zero-order valence-corrected chi connectivity index (χ0v) is 16.6. The maximum Gasteiger partial charge on any atom is 0.255 e. The number of carbonyl (C=O) groups is 2. The fourth-order valence-electron chi connectivity index (χ4n) is 2.67. The summed E-state index contributed by atoms with van der Waals surface area (Å²) in [5, 5.41) is 5.68. The molecule has 0 atom stereocenters. The second kappa shape index (κ2) is 8.12. The highest BCUT2D eigenvalue weighted by molar-refractivity contribution is 7.89. The van der Waals surface area contributed by atoms with Gasteiger partial charge in [-0.1, -0.05) is 19.1 Å². The van der Waals surface area contributed by atoms with Crippen molar-refractivity contribution in [3.63, 3.8) is 0 Å². The van der Waals surface area contributed by atoms with Gasteiger partial charge < -0.3 is 10.6 Å². The Labute approximate surface area is 164 Å². The van der Waals surface area contributed by atoms with E-state index >= 15 is 0 Å². The fourth-order valence-corrected chi connectivity index (χ4v) is 3.75. The van der Waals surface area contributed by atoms with Gasteiger partial charge in [0.1, 0.15) is 0 Å². The highest BCUT2D eigenvalue weighted by atomic mass is 32.2. The molecule has 0 heterocycles. The van der Waals surface area contributed by atoms with E-state index in [-0.39, 0.29) is 29.0 Å². The molecular formula is C20H23N3O4S. The summed E-state index contributed by atoms with van der Waals surface area (Å²) in [4.78, 5) is 24.9. The molecule has 28 heavy (non-hydrogen) atoms. The zero-order chi connectivity index (χ0) is 20.3. The minimum absolute atomic E-state index is 0.0243. The van der Waals surface area contributed by atoms with Crippen molar-refractivity contribution >= 4 is 27.5 Å². The summed E-state index contributed by atoms with van der Waals surface area (Å²) in [5.74, 6) is -0.617. The monoisotopic (exact) mass is 401 g/mol. The predicted molar refractivity (Wildman–Crippen MR) is 107 cm³/mol. The molecule has 0 aliphatic heterocycles. The van der Waals surface area contributed by atoms with Crippen LogP contribution in [0.5, 0.6) is 0 Å². The summed E-state index contributed by atoms with van der Waals surface area (Å²) in [5.41, 5.74) is 1.99. The van der Waals surface area contributed by atoms with E-state index in [2.05, 4.69) is 15.4 Å². The lowest BCUT2D eigenvalue weighted by Crippen LogP contribution is -2.25. The number of hydrogen-bond acceptors (Lipinski definition) is 4. The van der Waals surface area contributed by atoms with E-state index in [0.29, 0.717) is 11.3 Å². The Morgan fingerprint density at radius 1 is 1.04 bits per heavy atom. The number of anilines is 1. The molecule has 3 rings (SSSR count). The molecule has 3 N–H and O–H groups in total. The van der Waals surface area contributed by atoms with Gasteiger partial charge in [-0.05, 0) is 55.7 Å². The summed E-state index contributed by atoms with van der Waals surface area (Å²) >= 11 is 0. The molecular weight excluding hydrogens is 378 g/mol. The van der Waals surface area contributed by atoms with E-state index in [1.165, 1.54) is 18.2 Å². The summed E-state index contributed by atoms with van der Waals surface area (Å²) in [7, 11) is -3.65. The molecule has 0 saturated heterocycles. The van der Waals surface area contributed by atoms with Crippen LogP contribution in [0.25, 0.3) is 0 Å². The lowest BCUT2D eigenvalue weighted by molar-refractivity contribution is 0.0949. The molecule has 7 nitrogen and oxygen atoms in total. The van der Waals surface area contributed by atoms with Crippen LogP contribution < -0.4 is 15.4 Å². The first-order chi connectivity index (χ1) is 13.3. The average Bonchev–Trinajstić information content (AvgIpc) is 3.47. The minimum Gasteiger partial charge on any atom is -0.349 e. The molecule has 1 fully saturated rings. The van der Waals surface area contributed by atoms with Crippen LogP contribution in [0.2, 0.25) is 0 Å². The van der Waals surface area contributed by atoms with Gasteiger partial charge in [-0.25, -0.2) is 13.1 Å². The third-order valence-corrected chi connectivity index (χ3v) is 5.94. The van der Waals surface area contributed by atoms with E-state index < -0.39 is 15.9 Å².